The van der Waals surface area contributed by atoms with Crippen LogP contribution in [0.3, 0.4) is 0 Å². The Morgan fingerprint density at radius 2 is 0.926 bits per heavy atom. The van der Waals surface area contributed by atoms with E-state index in [1.807, 2.05) is 47.2 Å². The second-order valence-electron chi connectivity index (χ2n) is 20.7. The van der Waals surface area contributed by atoms with Gasteiger partial charge in [-0.25, -0.2) is 19.2 Å². The van der Waals surface area contributed by atoms with Crippen LogP contribution in [0.2, 0.25) is 0 Å². The van der Waals surface area contributed by atoms with Gasteiger partial charge < -0.3 is 101 Å². The lowest BCUT2D eigenvalue weighted by Crippen LogP contribution is -2.53. The number of carbonyl (C=O) groups excluding carboxylic acids is 12. The van der Waals surface area contributed by atoms with Gasteiger partial charge in [0.1, 0.15) is 51.7 Å². The first kappa shape index (κ1) is 91.0. The van der Waals surface area contributed by atoms with Gasteiger partial charge in [-0.1, -0.05) is 13.8 Å². The molecule has 1 N–H and O–H groups in total. The molecule has 4 unspecified atom stereocenters. The highest BCUT2D eigenvalue weighted by Gasteiger charge is 2.36. The summed E-state index contributed by atoms with van der Waals surface area (Å²) in [7, 11) is 17.1. The lowest BCUT2D eigenvalue weighted by Gasteiger charge is -2.33. The van der Waals surface area contributed by atoms with Crippen LogP contribution in [0, 0.1) is 5.92 Å². The normalized spacial score (nSPS) is 17.4. The summed E-state index contributed by atoms with van der Waals surface area (Å²) in [6, 6.07) is -2.29. The second kappa shape index (κ2) is 57.1. The summed E-state index contributed by atoms with van der Waals surface area (Å²) in [6.45, 7) is 13.0. The first-order valence-corrected chi connectivity index (χ1v) is 32.9. The predicted molar refractivity (Wildman–Crippen MR) is 347 cm³/mol. The highest BCUT2D eigenvalue weighted by atomic mass is 32.2. The molecular weight excluding hydrogens is 1300 g/mol. The largest absolute Gasteiger partial charge is 0.468 e. The molecule has 7 amide bonds. The van der Waals surface area contributed by atoms with Crippen molar-refractivity contribution in [2.24, 2.45) is 5.92 Å². The SMILES string of the molecule is CCOC(=O)C1CCCN1C(=O)COC.COCC(=O)N(C)CC(=O)OC.COCC(=O)N1CCOCC1C(=O)OC.COCC(=O)N1CCSCC1.COCC(=O)NC(C(=O)OC)C(C)C.COCCC(=O)N1CCOCC1C(=O)OC.COCCC(=O)N1CCSCC1. The topological polar surface area (TPSA) is 366 Å². The van der Waals surface area contributed by atoms with E-state index in [-0.39, 0.29) is 112 Å². The van der Waals surface area contributed by atoms with Crippen molar-refractivity contribution in [3.05, 3.63) is 0 Å². The first-order valence-electron chi connectivity index (χ1n) is 30.6. The van der Waals surface area contributed by atoms with Crippen molar-refractivity contribution in [2.45, 2.75) is 70.6 Å². The predicted octanol–water partition coefficient (Wildman–Crippen LogP) is -1.34. The molecule has 0 saturated carbocycles. The fourth-order valence-electron chi connectivity index (χ4n) is 8.50. The van der Waals surface area contributed by atoms with Crippen molar-refractivity contribution in [2.75, 3.05) is 240 Å². The number of likely N-dealkylation sites (N-methyl/N-ethyl adjacent to an activating group) is 1. The average Bonchev–Trinajstić information content (AvgIpc) is 1.84. The van der Waals surface area contributed by atoms with E-state index in [9.17, 15) is 57.5 Å². The Bertz CT molecular complexity index is 2210. The monoisotopic (exact) mass is 1410 g/mol. The number of hydrogen-bond acceptors (Lipinski definition) is 28. The fourth-order valence-corrected chi connectivity index (χ4v) is 10.3. The third-order valence-corrected chi connectivity index (χ3v) is 15.4. The Balaban J connectivity index is 0. The number of nitrogens with zero attached hydrogens (tertiary/aromatic N) is 6. The second-order valence-corrected chi connectivity index (χ2v) is 23.1. The molecule has 5 aliphatic rings. The van der Waals surface area contributed by atoms with Gasteiger partial charge in [-0.15, -0.1) is 0 Å². The van der Waals surface area contributed by atoms with Gasteiger partial charge in [-0.05, 0) is 25.7 Å². The van der Waals surface area contributed by atoms with E-state index in [0.717, 1.165) is 55.6 Å². The minimum absolute atomic E-state index is 0.0109. The maximum absolute atomic E-state index is 11.8. The molecule has 95 heavy (non-hydrogen) atoms. The van der Waals surface area contributed by atoms with E-state index in [1.54, 1.807) is 26.0 Å². The van der Waals surface area contributed by atoms with Crippen LogP contribution in [-0.2, 0) is 124 Å². The molecule has 0 aliphatic carbocycles. The van der Waals surface area contributed by atoms with Crippen molar-refractivity contribution in [3.8, 4) is 0 Å². The summed E-state index contributed by atoms with van der Waals surface area (Å²) < 4.78 is 66.5. The molecule has 5 fully saturated rings. The maximum atomic E-state index is 11.8. The molecule has 4 atom stereocenters. The Hall–Kier alpha value is -6.02. The molecule has 5 heterocycles. The number of rotatable bonds is 25. The Morgan fingerprint density at radius 3 is 1.34 bits per heavy atom. The number of ether oxygens (including phenoxy) is 14. The first-order chi connectivity index (χ1) is 45.4. The summed E-state index contributed by atoms with van der Waals surface area (Å²) in [5, 5.41) is 2.53. The molecule has 0 spiro atoms. The average molecular weight is 1410 g/mol. The van der Waals surface area contributed by atoms with Gasteiger partial charge in [0, 0.05) is 126 Å². The number of esters is 5. The third kappa shape index (κ3) is 39.7. The number of methoxy groups -OCH3 is 11. The molecule has 0 aromatic carbocycles. The number of thioether (sulfide) groups is 2. The lowest BCUT2D eigenvalue weighted by molar-refractivity contribution is -0.162. The van der Waals surface area contributed by atoms with Crippen LogP contribution in [0.5, 0.6) is 0 Å². The molecule has 5 saturated heterocycles. The van der Waals surface area contributed by atoms with Crippen LogP contribution >= 0.6 is 23.5 Å². The lowest BCUT2D eigenvalue weighted by atomic mass is 10.0. The van der Waals surface area contributed by atoms with Crippen LogP contribution in [0.4, 0.5) is 0 Å². The molecule has 0 bridgehead atoms. The summed E-state index contributed by atoms with van der Waals surface area (Å²) in [6.07, 6.45) is 2.33. The molecule has 0 radical (unpaired) electrons. The van der Waals surface area contributed by atoms with Crippen molar-refractivity contribution in [1.29, 1.82) is 0 Å². The summed E-state index contributed by atoms with van der Waals surface area (Å²) in [5.74, 6) is 1.50. The number of likely N-dealkylation sites (tertiary alicyclic amines) is 1. The maximum Gasteiger partial charge on any atom is 0.331 e. The molecule has 5 rings (SSSR count). The van der Waals surface area contributed by atoms with Crippen molar-refractivity contribution < 1.29 is 124 Å². The summed E-state index contributed by atoms with van der Waals surface area (Å²) in [4.78, 5) is 145. The van der Waals surface area contributed by atoms with Gasteiger partial charge in [-0.3, -0.25) is 38.4 Å². The molecule has 5 aliphatic heterocycles. The Morgan fingerprint density at radius 1 is 0.495 bits per heavy atom. The van der Waals surface area contributed by atoms with E-state index in [4.69, 9.17) is 37.9 Å². The van der Waals surface area contributed by atoms with E-state index in [0.29, 0.717) is 65.5 Å². The van der Waals surface area contributed by atoms with Gasteiger partial charge >= 0.3 is 29.8 Å². The molecule has 35 heteroatoms. The molecule has 33 nitrogen and oxygen atoms in total. The van der Waals surface area contributed by atoms with Crippen LogP contribution < -0.4 is 5.32 Å². The third-order valence-electron chi connectivity index (χ3n) is 13.5. The van der Waals surface area contributed by atoms with Crippen LogP contribution in [-0.4, -0.2) is 365 Å². The zero-order chi connectivity index (χ0) is 72.1. The highest BCUT2D eigenvalue weighted by Crippen LogP contribution is 2.19. The number of nitrogens with one attached hydrogen (secondary N) is 1. The quantitative estimate of drug-likeness (QED) is 0.0816. The van der Waals surface area contributed by atoms with Gasteiger partial charge in [0.15, 0.2) is 12.1 Å². The van der Waals surface area contributed by atoms with E-state index < -0.39 is 48.0 Å². The Labute approximate surface area is 567 Å². The van der Waals surface area contributed by atoms with Gasteiger partial charge in [0.2, 0.25) is 41.4 Å². The number of amides is 7. The van der Waals surface area contributed by atoms with E-state index >= 15 is 0 Å². The smallest absolute Gasteiger partial charge is 0.331 e. The molecule has 0 aromatic heterocycles. The molecular formula is C60H107N7O26S2. The zero-order valence-corrected chi connectivity index (χ0v) is 59.9. The van der Waals surface area contributed by atoms with Crippen LogP contribution in [0.15, 0.2) is 0 Å². The van der Waals surface area contributed by atoms with Gasteiger partial charge in [0.05, 0.1) is 87.5 Å². The summed E-state index contributed by atoms with van der Waals surface area (Å²) >= 11 is 3.81. The van der Waals surface area contributed by atoms with Crippen molar-refractivity contribution in [3.63, 3.8) is 0 Å². The number of hydrogen-bond donors (Lipinski definition) is 1. The van der Waals surface area contributed by atoms with Crippen LogP contribution in [0.25, 0.3) is 0 Å². The molecule has 0 aromatic rings. The van der Waals surface area contributed by atoms with Gasteiger partial charge in [0.25, 0.3) is 0 Å². The fraction of sp³-hybridized carbons (Fsp3) is 0.800. The highest BCUT2D eigenvalue weighted by molar-refractivity contribution is 7.99. The van der Waals surface area contributed by atoms with E-state index in [1.165, 1.54) is 85.7 Å². The van der Waals surface area contributed by atoms with Crippen molar-refractivity contribution >= 4 is 94.7 Å². The van der Waals surface area contributed by atoms with Crippen molar-refractivity contribution in [1.82, 2.24) is 34.7 Å². The van der Waals surface area contributed by atoms with E-state index in [2.05, 4.69) is 33.7 Å². The number of carbonyl (C=O) groups is 12. The molecule has 550 valence electrons. The summed E-state index contributed by atoms with van der Waals surface area (Å²) in [5.41, 5.74) is 0. The zero-order valence-electron chi connectivity index (χ0n) is 58.3. The Kier molecular flexibility index (Phi) is 54.7. The standard InChI is InChI=1S/C10H17NO5.C10H17NO4.C9H15NO5.C9H17NO4.C8H15NO2S.C7H13NO4.C7H13NO2S/c1-14-5-3-9(12)11-4-6-16-7-8(11)10(13)15-2;1-3-15-10(13)8-5-4-6-11(8)9(12)7-14-2;1-13-6-8(11)10-3-4-15-5-7(10)9(12)14-2;1-6(2)8(9(12)14-4)10-7(11)5-13-3;1-11-5-2-8(10)9-3-6-12-7-4-9;1-8(4-7(10)12-3)6(9)5-11-2;1-10-6-7(9)8-2-4-11-5-3-8/h8H,3-7H2,1-2H3;8H,3-7H2,1-2H3;7H,3-6H2,1-2H3;6,8H,5H2,1-4H3,(H,10,11);2-7H2,1H3;4-5H2,1-3H3;2-6H2,1H3. The minimum atomic E-state index is -0.647. The number of morpholine rings is 2. The van der Waals surface area contributed by atoms with Crippen LogP contribution in [0.1, 0.15) is 46.5 Å². The minimum Gasteiger partial charge on any atom is -0.468 e. The van der Waals surface area contributed by atoms with Gasteiger partial charge in [-0.2, -0.15) is 23.5 Å².